The molecule has 0 unspecified atom stereocenters. The number of fused-ring (bicyclic) bond motifs is 4. The van der Waals surface area contributed by atoms with E-state index in [4.69, 9.17) is 90.0 Å². The number of ketones is 2. The number of pyridine rings is 1. The third kappa shape index (κ3) is 33.8. The maximum Gasteiger partial charge on any atom is 0.329 e. The lowest BCUT2D eigenvalue weighted by Gasteiger charge is -2.43. The first-order valence-corrected chi connectivity index (χ1v) is 47.1. The number of allylic oxidation sites excluding steroid dienone is 5. The number of nitrogens with zero attached hydrogens (tertiary/aromatic N) is 3. The van der Waals surface area contributed by atoms with Crippen molar-refractivity contribution in [2.45, 2.75) is 210 Å². The van der Waals surface area contributed by atoms with Gasteiger partial charge < -0.3 is 119 Å². The predicted octanol–water partition coefficient (Wildman–Crippen LogP) is 7.15. The summed E-state index contributed by atoms with van der Waals surface area (Å²) in [6, 6.07) is 9.42. The molecule has 2 bridgehead atoms. The number of sulfone groups is 1. The third-order valence-electron chi connectivity index (χ3n) is 24.1. The number of nitrogens with one attached hydrogen (secondary N) is 2. The molecule has 2 aromatic carbocycles. The number of anilines is 1. The number of benzene rings is 2. The van der Waals surface area contributed by atoms with Crippen molar-refractivity contribution in [3.8, 4) is 16.9 Å². The van der Waals surface area contributed by atoms with E-state index in [0.29, 0.717) is 162 Å². The maximum atomic E-state index is 15.8. The predicted molar refractivity (Wildman–Crippen MR) is 481 cm³/mol. The van der Waals surface area contributed by atoms with E-state index in [1.54, 1.807) is 60.3 Å². The quantitative estimate of drug-likeness (QED) is 0.00923. The van der Waals surface area contributed by atoms with Crippen molar-refractivity contribution in [3.63, 3.8) is 0 Å². The molecule has 3 aromatic rings. The van der Waals surface area contributed by atoms with Crippen LogP contribution >= 0.6 is 12.2 Å². The first-order valence-electron chi connectivity index (χ1n) is 45.0. The minimum Gasteiger partial charge on any atom is -0.491 e. The van der Waals surface area contributed by atoms with Gasteiger partial charge in [-0.25, -0.2) is 22.6 Å². The summed E-state index contributed by atoms with van der Waals surface area (Å²) in [6.07, 6.45) is 9.29. The number of piperidine rings is 1. The van der Waals surface area contributed by atoms with Gasteiger partial charge in [0.1, 0.15) is 59.3 Å². The number of Topliss-reactive ketones (excluding diaryl/α,β-unsaturated/α-hetero) is 2. The molecule has 5 aliphatic rings. The van der Waals surface area contributed by atoms with Gasteiger partial charge in [-0.3, -0.25) is 24.0 Å². The molecule has 33 nitrogen and oxygen atoms in total. The topological polar surface area (TPSA) is 442 Å². The van der Waals surface area contributed by atoms with Gasteiger partial charge in [0.2, 0.25) is 11.7 Å². The van der Waals surface area contributed by atoms with Crippen LogP contribution in [0.15, 0.2) is 101 Å². The van der Waals surface area contributed by atoms with E-state index >= 15 is 4.39 Å². The summed E-state index contributed by atoms with van der Waals surface area (Å²) >= 11 is 5.58. The molecule has 129 heavy (non-hydrogen) atoms. The number of thiocarbonyl (C=S) groups is 1. The molecular weight excluding hydrogens is 1710 g/mol. The van der Waals surface area contributed by atoms with Crippen molar-refractivity contribution in [2.75, 3.05) is 164 Å². The Labute approximate surface area is 763 Å². The molecular formula is C93H138FN7O26S2. The van der Waals surface area contributed by atoms with Gasteiger partial charge in [0.05, 0.1) is 142 Å². The van der Waals surface area contributed by atoms with E-state index in [1.807, 2.05) is 68.5 Å². The standard InChI is InChI=1S/C93H138FN7O26S2/c1-60-15-11-10-12-16-61(2)78(114-8)56-71-22-18-65(6)93(111,127-71)88(107)90(109)101-31-14-13-17-74(101)91(110)125-79(57-75(102)62(3)52-64(5)86(105)87(106)85(104)63(4)51-60)73(95)53-67-19-24-77(80(54-67)115-9)126-92(128)98-29-34-117-37-39-119-41-43-121-45-47-123-49-48-122-46-44-120-42-40-118-38-36-116-33-28-83(103)97-30-50-129(112,113)81-26-23-72(66(7)84(81)94)89(108)100-32-35-124-76-25-20-68(55-70(76)59-100)69-21-27-82(96)99-58-69/h10-12,15-16,20-21,23,25-27,52,55,58,60,62-63,65,67,71,73-75,77-80,86-87,102,105-106,111H,13-14,17-19,22,24,28-51,53-54,56-57,59,95H2,1-9H3,(H2,96,99)(H,97,103)(H,98,128)/b12-10+,15-11+,61-16+,64-52+/t60-,62-,63-,65-,67+,71+,73-,74+,75-,77-,78+,79+,80-,86-,87+,93-/m1/s1. The second-order valence-corrected chi connectivity index (χ2v) is 36.3. The molecule has 2 saturated heterocycles. The minimum absolute atomic E-state index is 0.0217. The van der Waals surface area contributed by atoms with E-state index in [2.05, 4.69) is 15.6 Å². The lowest BCUT2D eigenvalue weighted by atomic mass is 9.80. The molecule has 1 saturated carbocycles. The van der Waals surface area contributed by atoms with Gasteiger partial charge >= 0.3 is 5.97 Å². The van der Waals surface area contributed by atoms with Crippen LogP contribution in [0.3, 0.4) is 0 Å². The Morgan fingerprint density at radius 3 is 1.98 bits per heavy atom. The number of methoxy groups -OCH3 is 2. The highest BCUT2D eigenvalue weighted by Crippen LogP contribution is 2.39. The minimum atomic E-state index is -4.19. The number of rotatable bonds is 39. The summed E-state index contributed by atoms with van der Waals surface area (Å²) in [5.41, 5.74) is 16.2. The number of aliphatic hydroxyl groups is 4. The van der Waals surface area contributed by atoms with E-state index < -0.39 is 146 Å². The number of cyclic esters (lactones) is 1. The second kappa shape index (κ2) is 55.1. The number of amides is 3. The molecule has 4 aliphatic heterocycles. The van der Waals surface area contributed by atoms with E-state index in [9.17, 15) is 57.6 Å². The molecule has 10 N–H and O–H groups in total. The summed E-state index contributed by atoms with van der Waals surface area (Å²) in [7, 11) is -1.05. The van der Waals surface area contributed by atoms with Crippen LogP contribution in [0.5, 0.6) is 5.75 Å². The van der Waals surface area contributed by atoms with Crippen LogP contribution in [0.25, 0.3) is 11.1 Å². The number of hydrogen-bond acceptors (Lipinski definition) is 30. The molecule has 3 amide bonds. The maximum absolute atomic E-state index is 15.8. The fraction of sp³-hybridized carbons (Fsp3) is 0.656. The van der Waals surface area contributed by atoms with Gasteiger partial charge in [-0.1, -0.05) is 70.2 Å². The molecule has 8 rings (SSSR count). The molecule has 0 radical (unpaired) electrons. The second-order valence-electron chi connectivity index (χ2n) is 33.8. The monoisotopic (exact) mass is 1850 g/mol. The summed E-state index contributed by atoms with van der Waals surface area (Å²) in [4.78, 5) is 89.7. The van der Waals surface area contributed by atoms with E-state index in [1.165, 1.54) is 17.9 Å². The third-order valence-corrected chi connectivity index (χ3v) is 26.0. The summed E-state index contributed by atoms with van der Waals surface area (Å²) in [5.74, 6) is -9.90. The van der Waals surface area contributed by atoms with Crippen LogP contribution in [0, 0.1) is 42.3 Å². The van der Waals surface area contributed by atoms with E-state index in [-0.39, 0.29) is 112 Å². The Kier molecular flexibility index (Phi) is 45.5. The van der Waals surface area contributed by atoms with Gasteiger partial charge in [-0.2, -0.15) is 0 Å². The zero-order valence-electron chi connectivity index (χ0n) is 76.2. The Hall–Kier alpha value is -7.70. The normalized spacial score (nSPS) is 27.3. The first kappa shape index (κ1) is 107. The van der Waals surface area contributed by atoms with Gasteiger partial charge in [-0.15, -0.1) is 0 Å². The van der Waals surface area contributed by atoms with Crippen LogP contribution in [-0.4, -0.2) is 309 Å². The number of esters is 1. The number of aliphatic hydroxyl groups excluding tert-OH is 3. The molecule has 36 heteroatoms. The number of ether oxygens (including phenoxy) is 14. The molecule has 1 aliphatic carbocycles. The molecule has 1 aromatic heterocycles. The highest BCUT2D eigenvalue weighted by molar-refractivity contribution is 7.91. The van der Waals surface area contributed by atoms with Gasteiger partial charge in [0.15, 0.2) is 15.6 Å². The number of halogens is 1. The fourth-order valence-corrected chi connectivity index (χ4v) is 17.8. The van der Waals surface area contributed by atoms with Crippen LogP contribution in [0.2, 0.25) is 0 Å². The Morgan fingerprint density at radius 1 is 0.705 bits per heavy atom. The van der Waals surface area contributed by atoms with Crippen molar-refractivity contribution in [3.05, 3.63) is 119 Å². The number of carbonyl (C=O) groups excluding carboxylic acids is 6. The highest BCUT2D eigenvalue weighted by Gasteiger charge is 2.53. The summed E-state index contributed by atoms with van der Waals surface area (Å²) in [5, 5.41) is 52.4. The molecule has 3 fully saturated rings. The van der Waals surface area contributed by atoms with Crippen LogP contribution in [0.4, 0.5) is 10.2 Å². The van der Waals surface area contributed by atoms with Gasteiger partial charge in [0.25, 0.3) is 22.8 Å². The zero-order chi connectivity index (χ0) is 93.6. The Morgan fingerprint density at radius 2 is 1.35 bits per heavy atom. The number of hydrogen-bond donors (Lipinski definition) is 8. The van der Waals surface area contributed by atoms with Gasteiger partial charge in [0, 0.05) is 106 Å². The SMILES string of the molecule is CO[C@H]1C[C@@H]2CC[C@@H](C)[C@@](O)(O2)C(=O)C(=O)N2CCCC[C@H]2C(=O)O[C@H]([C@H](N)C[C@@H]2CC[C@@H](OC(=S)NCCOCCOCCOCCOCCOCCOCCOCCOCCC(=O)NCCS(=O)(=O)c3ccc(C(=O)N4CCOc5ccc(-c6ccc(N)nc6)cc5C4)c(C)c3F)[C@H](OC)C2)C[C@@H](O)[C@H](C)/C=C(\C)[C@@H](O)[C@@H](O)C(=O)[C@H](C)C[C@H](C)/C=C/C=C/C=C/1C. The average Bonchev–Trinajstić information content (AvgIpc) is 0.985. The van der Waals surface area contributed by atoms with Crippen molar-refractivity contribution in [1.82, 2.24) is 25.4 Å². The van der Waals surface area contributed by atoms with Crippen LogP contribution < -0.4 is 26.8 Å². The average molecular weight is 1850 g/mol. The Balaban J connectivity index is 0.640. The smallest absolute Gasteiger partial charge is 0.329 e. The van der Waals surface area contributed by atoms with Crippen molar-refractivity contribution in [1.29, 1.82) is 0 Å². The lowest BCUT2D eigenvalue weighted by Crippen LogP contribution is -2.61. The summed E-state index contributed by atoms with van der Waals surface area (Å²) in [6.45, 7) is 17.6. The Bertz CT molecular complexity index is 4300. The molecule has 720 valence electrons. The summed E-state index contributed by atoms with van der Waals surface area (Å²) < 4.78 is 123. The van der Waals surface area contributed by atoms with Crippen molar-refractivity contribution in [2.24, 2.45) is 35.3 Å². The van der Waals surface area contributed by atoms with E-state index in [0.717, 1.165) is 33.2 Å². The highest BCUT2D eigenvalue weighted by atomic mass is 32.2. The van der Waals surface area contributed by atoms with Crippen LogP contribution in [-0.2, 0) is 102 Å². The van der Waals surface area contributed by atoms with Crippen molar-refractivity contribution >= 4 is 68.3 Å². The zero-order valence-corrected chi connectivity index (χ0v) is 77.8. The number of nitrogen functional groups attached to an aromatic ring is 1. The molecule has 5 heterocycles. The fourth-order valence-electron chi connectivity index (χ4n) is 16.3. The largest absolute Gasteiger partial charge is 0.491 e. The number of carbonyl (C=O) groups is 6. The number of nitrogens with two attached hydrogens (primary N) is 2. The molecule has 16 atom stereocenters. The lowest BCUT2D eigenvalue weighted by molar-refractivity contribution is -0.265. The number of aromatic nitrogens is 1. The van der Waals surface area contributed by atoms with Crippen molar-refractivity contribution < 1.29 is 128 Å². The van der Waals surface area contributed by atoms with Crippen LogP contribution in [0.1, 0.15) is 146 Å². The van der Waals surface area contributed by atoms with Gasteiger partial charge in [-0.05, 0) is 168 Å². The molecule has 0 spiro atoms. The first-order chi connectivity index (χ1) is 61.8.